The number of aliphatic imine (C=N–C) groups is 2. The molecule has 1 saturated carbocycles. The summed E-state index contributed by atoms with van der Waals surface area (Å²) < 4.78 is 0. The molecule has 2 nitrogen and oxygen atoms in total. The second-order valence-corrected chi connectivity index (χ2v) is 5.13. The summed E-state index contributed by atoms with van der Waals surface area (Å²) in [5.41, 5.74) is 4.54. The molecule has 1 aromatic carbocycles. The Hall–Kier alpha value is 0.0795. The van der Waals surface area contributed by atoms with E-state index >= 15 is 0 Å². The van der Waals surface area contributed by atoms with Crippen LogP contribution in [0.1, 0.15) is 39.2 Å². The molecule has 19 heavy (non-hydrogen) atoms. The molecule has 0 saturated heterocycles. The Morgan fingerprint density at radius 2 is 2.00 bits per heavy atom. The molecular weight excluding hydrogens is 393 g/mol. The number of para-hydroxylation sites is 1. The number of hydrogen-bond acceptors (Lipinski definition) is 2. The van der Waals surface area contributed by atoms with Crippen LogP contribution in [0.4, 0.5) is 5.69 Å². The minimum absolute atomic E-state index is 0. The fourth-order valence-electron chi connectivity index (χ4n) is 2.35. The van der Waals surface area contributed by atoms with Crippen molar-refractivity contribution in [2.75, 3.05) is 7.05 Å². The average molecular weight is 414 g/mol. The molecule has 0 amide bonds. The molecule has 0 heterocycles. The van der Waals surface area contributed by atoms with Gasteiger partial charge in [0.2, 0.25) is 0 Å². The molecule has 0 spiro atoms. The molecule has 0 aromatic heterocycles. The van der Waals surface area contributed by atoms with Crippen LogP contribution in [0.2, 0.25) is 0 Å². The van der Waals surface area contributed by atoms with Gasteiger partial charge in [-0.1, -0.05) is 25.1 Å². The third-order valence-electron chi connectivity index (χ3n) is 3.77. The van der Waals surface area contributed by atoms with Crippen LogP contribution in [0.3, 0.4) is 0 Å². The van der Waals surface area contributed by atoms with Gasteiger partial charge >= 0.3 is 0 Å². The zero-order chi connectivity index (χ0) is 13.1. The van der Waals surface area contributed by atoms with Crippen LogP contribution in [-0.4, -0.2) is 18.5 Å². The van der Waals surface area contributed by atoms with Gasteiger partial charge in [0.15, 0.2) is 0 Å². The van der Waals surface area contributed by atoms with Gasteiger partial charge in [-0.25, -0.2) is 0 Å². The number of benzene rings is 1. The van der Waals surface area contributed by atoms with Crippen molar-refractivity contribution in [3.63, 3.8) is 0 Å². The molecule has 0 bridgehead atoms. The van der Waals surface area contributed by atoms with Gasteiger partial charge in [-0.2, -0.15) is 12.8 Å². The molecule has 1 fully saturated rings. The van der Waals surface area contributed by atoms with E-state index in [0.717, 1.165) is 29.8 Å². The predicted molar refractivity (Wildman–Crippen MR) is 79.0 cm³/mol. The van der Waals surface area contributed by atoms with Gasteiger partial charge in [-0.15, -0.1) is 6.42 Å². The topological polar surface area (TPSA) is 24.7 Å². The maximum atomic E-state index is 4.84. The smallest absolute Gasteiger partial charge is 0.0718 e. The first-order chi connectivity index (χ1) is 8.61. The van der Waals surface area contributed by atoms with Crippen LogP contribution in [0, 0.1) is 58.8 Å². The second kappa shape index (κ2) is 7.75. The van der Waals surface area contributed by atoms with E-state index in [0.29, 0.717) is 5.92 Å². The molecular formula is C16H21N2Yb-. The minimum Gasteiger partial charge on any atom is -0.308 e. The number of hydrogen-bond donors (Lipinski definition) is 0. The summed E-state index contributed by atoms with van der Waals surface area (Å²) in [6.07, 6.45) is 2.15. The van der Waals surface area contributed by atoms with Gasteiger partial charge in [-0.3, -0.25) is 9.98 Å². The molecule has 1 unspecified atom stereocenters. The van der Waals surface area contributed by atoms with Crippen LogP contribution in [-0.2, 0) is 0 Å². The summed E-state index contributed by atoms with van der Waals surface area (Å²) in [5.74, 6) is 2.23. The van der Waals surface area contributed by atoms with Gasteiger partial charge in [0.25, 0.3) is 0 Å². The molecule has 1 aliphatic rings. The van der Waals surface area contributed by atoms with Crippen LogP contribution < -0.4 is 0 Å². The summed E-state index contributed by atoms with van der Waals surface area (Å²) >= 11 is 0. The Morgan fingerprint density at radius 3 is 2.58 bits per heavy atom. The van der Waals surface area contributed by atoms with Crippen LogP contribution in [0.5, 0.6) is 0 Å². The fourth-order valence-corrected chi connectivity index (χ4v) is 2.35. The maximum absolute atomic E-state index is 4.84. The van der Waals surface area contributed by atoms with Crippen molar-refractivity contribution >= 4 is 17.1 Å². The monoisotopic (exact) mass is 415 g/mol. The standard InChI is InChI=1S/C16H21N2.Yb/c1-11-9-14(10-12(11)2)18-16-8-6-5-7-15(16)13(3)17-4;/h5-8,11H,9-10H2,1-4H3;/q-1;. The molecule has 0 radical (unpaired) electrons. The van der Waals surface area contributed by atoms with Gasteiger partial charge in [0.1, 0.15) is 0 Å². The van der Waals surface area contributed by atoms with E-state index in [1.54, 1.807) is 5.92 Å². The van der Waals surface area contributed by atoms with Crippen molar-refractivity contribution in [2.24, 2.45) is 15.9 Å². The Kier molecular flexibility index (Phi) is 6.99. The molecule has 1 aliphatic carbocycles. The van der Waals surface area contributed by atoms with Crippen LogP contribution in [0.25, 0.3) is 0 Å². The molecule has 2 rings (SSSR count). The van der Waals surface area contributed by atoms with Crippen LogP contribution in [0.15, 0.2) is 34.3 Å². The van der Waals surface area contributed by atoms with E-state index in [9.17, 15) is 0 Å². The van der Waals surface area contributed by atoms with Gasteiger partial charge < -0.3 is 5.92 Å². The largest absolute Gasteiger partial charge is 0.308 e. The SMILES string of the molecule is CN=C(C)c1ccccc1N=C1C[C-](C)C(C)C1.[Yb]. The molecule has 3 heteroatoms. The normalized spacial score (nSPS) is 22.6. The first-order valence-corrected chi connectivity index (χ1v) is 6.53. The van der Waals surface area contributed by atoms with E-state index in [1.165, 1.54) is 5.71 Å². The number of rotatable bonds is 2. The quantitative estimate of drug-likeness (QED) is 0.512. The summed E-state index contributed by atoms with van der Waals surface area (Å²) in [5, 5.41) is 0. The molecule has 0 N–H and O–H groups in total. The minimum atomic E-state index is 0. The summed E-state index contributed by atoms with van der Waals surface area (Å²) in [6, 6.07) is 8.26. The van der Waals surface area contributed by atoms with Crippen LogP contribution >= 0.6 is 0 Å². The zero-order valence-corrected chi connectivity index (χ0v) is 13.7. The first kappa shape index (κ1) is 17.1. The van der Waals surface area contributed by atoms with Crippen molar-refractivity contribution in [2.45, 2.75) is 33.6 Å². The van der Waals surface area contributed by atoms with Gasteiger partial charge in [-0.05, 0) is 25.1 Å². The Balaban J connectivity index is 0.00000180. The average Bonchev–Trinajstić information content (AvgIpc) is 2.68. The summed E-state index contributed by atoms with van der Waals surface area (Å²) in [6.45, 7) is 6.55. The molecule has 110 valence electrons. The number of nitrogens with zero attached hydrogens (tertiary/aromatic N) is 2. The maximum Gasteiger partial charge on any atom is 0.0718 e. The Labute approximate surface area is 155 Å². The van der Waals surface area contributed by atoms with Crippen molar-refractivity contribution in [3.05, 3.63) is 35.7 Å². The van der Waals surface area contributed by atoms with E-state index in [2.05, 4.69) is 31.0 Å². The molecule has 1 aromatic rings. The van der Waals surface area contributed by atoms with Crippen molar-refractivity contribution in [1.82, 2.24) is 0 Å². The third kappa shape index (κ3) is 4.27. The van der Waals surface area contributed by atoms with Crippen molar-refractivity contribution in [3.8, 4) is 0 Å². The van der Waals surface area contributed by atoms with E-state index in [1.807, 2.05) is 26.1 Å². The fraction of sp³-hybridized carbons (Fsp3) is 0.438. The summed E-state index contributed by atoms with van der Waals surface area (Å²) in [4.78, 5) is 9.11. The predicted octanol–water partition coefficient (Wildman–Crippen LogP) is 4.22. The van der Waals surface area contributed by atoms with E-state index in [-0.39, 0.29) is 46.9 Å². The van der Waals surface area contributed by atoms with Gasteiger partial charge in [0.05, 0.1) is 5.69 Å². The Morgan fingerprint density at radius 1 is 1.32 bits per heavy atom. The molecule has 0 aliphatic heterocycles. The van der Waals surface area contributed by atoms with Gasteiger partial charge in [0, 0.05) is 65.2 Å². The Bertz CT molecular complexity index is 479. The molecule has 1 atom stereocenters. The third-order valence-corrected chi connectivity index (χ3v) is 3.77. The first-order valence-electron chi connectivity index (χ1n) is 6.53. The van der Waals surface area contributed by atoms with Crippen molar-refractivity contribution < 1.29 is 46.9 Å². The van der Waals surface area contributed by atoms with E-state index < -0.39 is 0 Å². The second-order valence-electron chi connectivity index (χ2n) is 5.13. The summed E-state index contributed by atoms with van der Waals surface area (Å²) in [7, 11) is 1.83. The zero-order valence-electron chi connectivity index (χ0n) is 12.0. The van der Waals surface area contributed by atoms with E-state index in [4.69, 9.17) is 4.99 Å². The van der Waals surface area contributed by atoms with Crippen molar-refractivity contribution in [1.29, 1.82) is 0 Å².